The van der Waals surface area contributed by atoms with E-state index >= 15 is 0 Å². The number of thiocyanates is 1. The Balaban J connectivity index is 2.28. The van der Waals surface area contributed by atoms with Crippen molar-refractivity contribution in [1.29, 1.82) is 5.26 Å². The molecule has 90 valence electrons. The molecule has 1 nitrogen and oxygen atoms in total. The fourth-order valence-corrected chi connectivity index (χ4v) is 3.39. The topological polar surface area (TPSA) is 23.8 Å². The minimum Gasteiger partial charge on any atom is -0.185 e. The van der Waals surface area contributed by atoms with Gasteiger partial charge in [-0.15, -0.1) is 0 Å². The largest absolute Gasteiger partial charge is 0.185 e. The smallest absolute Gasteiger partial charge is 0.138 e. The minimum absolute atomic E-state index is 0.752. The van der Waals surface area contributed by atoms with Crippen LogP contribution in [0.25, 0.3) is 0 Å². The molecule has 1 aromatic rings. The first-order valence-corrected chi connectivity index (χ1v) is 7.21. The zero-order chi connectivity index (χ0) is 12.3. The molecule has 1 fully saturated rings. The van der Waals surface area contributed by atoms with Gasteiger partial charge in [-0.25, -0.2) is 0 Å². The maximum Gasteiger partial charge on any atom is 0.138 e. The first-order valence-electron chi connectivity index (χ1n) is 6.39. The highest BCUT2D eigenvalue weighted by Crippen LogP contribution is 2.36. The van der Waals surface area contributed by atoms with Crippen LogP contribution in [0, 0.1) is 24.5 Å². The minimum atomic E-state index is 0.752. The summed E-state index contributed by atoms with van der Waals surface area (Å²) in [6.07, 6.45) is 6.82. The fourth-order valence-electron chi connectivity index (χ4n) is 2.86. The maximum absolute atomic E-state index is 8.80. The third-order valence-electron chi connectivity index (χ3n) is 3.71. The molecular weight excluding hydrogens is 226 g/mol. The van der Waals surface area contributed by atoms with Crippen LogP contribution in [0.3, 0.4) is 0 Å². The van der Waals surface area contributed by atoms with Gasteiger partial charge in [-0.05, 0) is 61.1 Å². The van der Waals surface area contributed by atoms with Crippen LogP contribution in [0.1, 0.15) is 54.7 Å². The van der Waals surface area contributed by atoms with E-state index < -0.39 is 0 Å². The average Bonchev–Trinajstić information content (AvgIpc) is 2.35. The number of benzene rings is 1. The molecule has 0 radical (unpaired) electrons. The second-order valence-electron chi connectivity index (χ2n) is 5.01. The van der Waals surface area contributed by atoms with Crippen LogP contribution in [0.2, 0.25) is 0 Å². The van der Waals surface area contributed by atoms with Crippen molar-refractivity contribution in [2.75, 3.05) is 0 Å². The lowest BCUT2D eigenvalue weighted by Crippen LogP contribution is -2.05. The van der Waals surface area contributed by atoms with Crippen LogP contribution >= 0.6 is 11.8 Å². The van der Waals surface area contributed by atoms with E-state index in [1.165, 1.54) is 60.6 Å². The van der Waals surface area contributed by atoms with Crippen molar-refractivity contribution >= 4 is 11.8 Å². The number of nitriles is 1. The Bertz CT molecular complexity index is 416. The number of hydrogen-bond acceptors (Lipinski definition) is 2. The van der Waals surface area contributed by atoms with Gasteiger partial charge in [0, 0.05) is 4.90 Å². The molecule has 0 amide bonds. The second-order valence-corrected chi connectivity index (χ2v) is 5.81. The fraction of sp³-hybridized carbons (Fsp3) is 0.533. The molecule has 2 rings (SSSR count). The third kappa shape index (κ3) is 2.84. The number of thioether (sulfide) groups is 1. The summed E-state index contributed by atoms with van der Waals surface area (Å²) in [5.41, 5.74) is 4.01. The van der Waals surface area contributed by atoms with Gasteiger partial charge in [0.05, 0.1) is 0 Å². The van der Waals surface area contributed by atoms with Gasteiger partial charge in [-0.3, -0.25) is 0 Å². The molecule has 0 atom stereocenters. The predicted molar refractivity (Wildman–Crippen MR) is 73.2 cm³/mol. The molecule has 0 saturated heterocycles. The third-order valence-corrected chi connectivity index (χ3v) is 4.65. The first kappa shape index (κ1) is 12.5. The van der Waals surface area contributed by atoms with Crippen molar-refractivity contribution in [1.82, 2.24) is 0 Å². The average molecular weight is 245 g/mol. The quantitative estimate of drug-likeness (QED) is 0.545. The Kier molecular flexibility index (Phi) is 4.12. The molecule has 0 bridgehead atoms. The highest BCUT2D eigenvalue weighted by molar-refractivity contribution is 8.03. The van der Waals surface area contributed by atoms with E-state index in [0.717, 1.165) is 10.8 Å². The lowest BCUT2D eigenvalue weighted by Gasteiger charge is -2.23. The van der Waals surface area contributed by atoms with Crippen LogP contribution in [0.5, 0.6) is 0 Å². The van der Waals surface area contributed by atoms with Gasteiger partial charge in [0.25, 0.3) is 0 Å². The molecule has 0 unspecified atom stereocenters. The van der Waals surface area contributed by atoms with E-state index in [-0.39, 0.29) is 0 Å². The Morgan fingerprint density at radius 1 is 1.12 bits per heavy atom. The van der Waals surface area contributed by atoms with E-state index in [4.69, 9.17) is 5.26 Å². The highest BCUT2D eigenvalue weighted by Gasteiger charge is 2.17. The molecule has 0 aromatic heterocycles. The van der Waals surface area contributed by atoms with E-state index in [1.807, 2.05) is 0 Å². The molecule has 0 aliphatic heterocycles. The number of rotatable bonds is 2. The summed E-state index contributed by atoms with van der Waals surface area (Å²) < 4.78 is 0. The van der Waals surface area contributed by atoms with Crippen LogP contribution in [-0.4, -0.2) is 0 Å². The molecule has 0 spiro atoms. The van der Waals surface area contributed by atoms with E-state index in [2.05, 4.69) is 31.4 Å². The van der Waals surface area contributed by atoms with Gasteiger partial charge in [0.2, 0.25) is 0 Å². The van der Waals surface area contributed by atoms with Gasteiger partial charge >= 0.3 is 0 Å². The van der Waals surface area contributed by atoms with Crippen LogP contribution in [-0.2, 0) is 0 Å². The maximum atomic E-state index is 8.80. The normalized spacial score (nSPS) is 16.8. The van der Waals surface area contributed by atoms with Gasteiger partial charge in [-0.1, -0.05) is 31.4 Å². The summed E-state index contributed by atoms with van der Waals surface area (Å²) in [6.45, 7) is 4.25. The summed E-state index contributed by atoms with van der Waals surface area (Å²) in [4.78, 5) is 1.15. The summed E-state index contributed by atoms with van der Waals surface area (Å²) in [6, 6.07) is 4.59. The first-order chi connectivity index (χ1) is 8.22. The lowest BCUT2D eigenvalue weighted by molar-refractivity contribution is 0.443. The van der Waals surface area contributed by atoms with E-state index in [0.29, 0.717) is 0 Å². The van der Waals surface area contributed by atoms with Crippen LogP contribution in [0.15, 0.2) is 17.0 Å². The van der Waals surface area contributed by atoms with Crippen molar-refractivity contribution in [3.05, 3.63) is 28.8 Å². The summed E-state index contributed by atoms with van der Waals surface area (Å²) in [5.74, 6) is 0.752. The Labute approximate surface area is 108 Å². The van der Waals surface area contributed by atoms with Gasteiger partial charge in [0.15, 0.2) is 0 Å². The van der Waals surface area contributed by atoms with Crippen molar-refractivity contribution in [3.63, 3.8) is 0 Å². The van der Waals surface area contributed by atoms with Crippen molar-refractivity contribution in [3.8, 4) is 5.40 Å². The highest BCUT2D eigenvalue weighted by atomic mass is 32.2. The molecule has 1 aromatic carbocycles. The zero-order valence-corrected chi connectivity index (χ0v) is 11.4. The molecule has 0 heterocycles. The van der Waals surface area contributed by atoms with Gasteiger partial charge in [-0.2, -0.15) is 5.26 Å². The lowest BCUT2D eigenvalue weighted by atomic mass is 9.83. The Morgan fingerprint density at radius 3 is 2.24 bits per heavy atom. The monoisotopic (exact) mass is 245 g/mol. The van der Waals surface area contributed by atoms with E-state index in [1.54, 1.807) is 0 Å². The summed E-state index contributed by atoms with van der Waals surface area (Å²) >= 11 is 1.29. The number of nitrogens with zero attached hydrogens (tertiary/aromatic N) is 1. The standard InChI is InChI=1S/C15H19NS/c1-11-8-14(13-6-4-3-5-7-13)9-12(2)15(11)17-10-16/h8-9,13H,3-7H2,1-2H3. The molecule has 17 heavy (non-hydrogen) atoms. The summed E-state index contributed by atoms with van der Waals surface area (Å²) in [7, 11) is 0. The van der Waals surface area contributed by atoms with Crippen molar-refractivity contribution < 1.29 is 0 Å². The number of aryl methyl sites for hydroxylation is 2. The Hall–Kier alpha value is -0.940. The Morgan fingerprint density at radius 2 is 1.71 bits per heavy atom. The molecule has 1 aliphatic carbocycles. The molecule has 0 N–H and O–H groups in total. The molecule has 2 heteroatoms. The summed E-state index contributed by atoms with van der Waals surface area (Å²) in [5, 5.41) is 11.0. The van der Waals surface area contributed by atoms with Crippen molar-refractivity contribution in [2.45, 2.75) is 56.8 Å². The van der Waals surface area contributed by atoms with Crippen molar-refractivity contribution in [2.24, 2.45) is 0 Å². The zero-order valence-electron chi connectivity index (χ0n) is 10.6. The SMILES string of the molecule is Cc1cc(C2CCCCC2)cc(C)c1SC#N. The van der Waals surface area contributed by atoms with Gasteiger partial charge < -0.3 is 0 Å². The molecular formula is C15H19NS. The van der Waals surface area contributed by atoms with Crippen LogP contribution < -0.4 is 0 Å². The predicted octanol–water partition coefficient (Wildman–Crippen LogP) is 4.92. The molecule has 1 aliphatic rings. The van der Waals surface area contributed by atoms with Gasteiger partial charge in [0.1, 0.15) is 5.40 Å². The van der Waals surface area contributed by atoms with Crippen LogP contribution in [0.4, 0.5) is 0 Å². The second kappa shape index (κ2) is 5.60. The number of hydrogen-bond donors (Lipinski definition) is 0. The molecule has 1 saturated carbocycles. The van der Waals surface area contributed by atoms with E-state index in [9.17, 15) is 0 Å².